The lowest BCUT2D eigenvalue weighted by molar-refractivity contribution is -0.115. The van der Waals surface area contributed by atoms with Crippen LogP contribution in [0.2, 0.25) is 0 Å². The molecule has 0 saturated heterocycles. The molecule has 0 unspecified atom stereocenters. The molecule has 2 N–H and O–H groups in total. The second-order valence-electron chi connectivity index (χ2n) is 5.66. The fourth-order valence-electron chi connectivity index (χ4n) is 2.92. The molecule has 1 saturated carbocycles. The van der Waals surface area contributed by atoms with Crippen LogP contribution in [0.5, 0.6) is 0 Å². The molecule has 2 aromatic heterocycles. The van der Waals surface area contributed by atoms with E-state index in [9.17, 15) is 4.79 Å². The van der Waals surface area contributed by atoms with Crippen LogP contribution in [0.1, 0.15) is 52.9 Å². The molecule has 1 aliphatic rings. The smallest absolute Gasteiger partial charge is 0.230 e. The lowest BCUT2D eigenvalue weighted by atomic mass is 10.0. The third-order valence-electron chi connectivity index (χ3n) is 3.98. The van der Waals surface area contributed by atoms with Gasteiger partial charge in [-0.15, -0.1) is 11.3 Å². The van der Waals surface area contributed by atoms with E-state index in [0.29, 0.717) is 18.2 Å². The molecule has 5 nitrogen and oxygen atoms in total. The number of aryl methyl sites for hydroxylation is 2. The number of hydrogen-bond donors (Lipinski definition) is 2. The molecule has 0 aromatic carbocycles. The molecule has 1 fully saturated rings. The Bertz CT molecular complexity index is 640. The van der Waals surface area contributed by atoms with E-state index >= 15 is 0 Å². The maximum Gasteiger partial charge on any atom is 0.230 e. The van der Waals surface area contributed by atoms with E-state index in [0.717, 1.165) is 21.3 Å². The summed E-state index contributed by atoms with van der Waals surface area (Å²) in [5, 5.41) is 11.1. The molecule has 3 rings (SSSR count). The van der Waals surface area contributed by atoms with Crippen LogP contribution in [0.3, 0.4) is 0 Å². The average molecular weight is 304 g/mol. The van der Waals surface area contributed by atoms with Gasteiger partial charge in [0.25, 0.3) is 0 Å². The van der Waals surface area contributed by atoms with Crippen LogP contribution < -0.4 is 5.32 Å². The summed E-state index contributed by atoms with van der Waals surface area (Å²) >= 11 is 1.58. The van der Waals surface area contributed by atoms with Crippen molar-refractivity contribution in [3.8, 4) is 0 Å². The molecule has 0 spiro atoms. The minimum Gasteiger partial charge on any atom is -0.309 e. The van der Waals surface area contributed by atoms with Crippen LogP contribution in [-0.4, -0.2) is 21.1 Å². The Hall–Kier alpha value is -1.69. The average Bonchev–Trinajstić information content (AvgIpc) is 3.11. The zero-order valence-electron chi connectivity index (χ0n) is 12.4. The van der Waals surface area contributed by atoms with Crippen molar-refractivity contribution in [2.24, 2.45) is 0 Å². The molecule has 1 aliphatic carbocycles. The van der Waals surface area contributed by atoms with Gasteiger partial charge in [-0.1, -0.05) is 12.8 Å². The monoisotopic (exact) mass is 304 g/mol. The first-order valence-corrected chi connectivity index (χ1v) is 8.21. The zero-order valence-corrected chi connectivity index (χ0v) is 13.2. The number of amides is 1. The lowest BCUT2D eigenvalue weighted by Gasteiger charge is -2.03. The van der Waals surface area contributed by atoms with Crippen molar-refractivity contribution in [1.29, 1.82) is 0 Å². The van der Waals surface area contributed by atoms with Gasteiger partial charge in [0, 0.05) is 22.6 Å². The Morgan fingerprint density at radius 2 is 2.19 bits per heavy atom. The minimum absolute atomic E-state index is 0.0359. The van der Waals surface area contributed by atoms with E-state index in [2.05, 4.69) is 20.5 Å². The third-order valence-corrected chi connectivity index (χ3v) is 5.05. The lowest BCUT2D eigenvalue weighted by Crippen LogP contribution is -2.14. The SMILES string of the molecule is Cc1nc(C)c(CC(=O)Nc2cc(C3CCCC3)[nH]n2)s1. The van der Waals surface area contributed by atoms with Crippen molar-refractivity contribution in [2.45, 2.75) is 51.9 Å². The van der Waals surface area contributed by atoms with Gasteiger partial charge in [0.05, 0.1) is 17.1 Å². The Balaban J connectivity index is 1.61. The summed E-state index contributed by atoms with van der Waals surface area (Å²) in [7, 11) is 0. The van der Waals surface area contributed by atoms with E-state index in [4.69, 9.17) is 0 Å². The van der Waals surface area contributed by atoms with Gasteiger partial charge in [0.2, 0.25) is 5.91 Å². The number of thiazole rings is 1. The Morgan fingerprint density at radius 3 is 2.86 bits per heavy atom. The first kappa shape index (κ1) is 14.3. The number of H-pyrrole nitrogens is 1. The maximum absolute atomic E-state index is 12.1. The number of aromatic nitrogens is 3. The molecule has 0 aliphatic heterocycles. The summed E-state index contributed by atoms with van der Waals surface area (Å²) in [5.74, 6) is 1.17. The van der Waals surface area contributed by atoms with Gasteiger partial charge in [0.1, 0.15) is 0 Å². The second-order valence-corrected chi connectivity index (χ2v) is 6.94. The van der Waals surface area contributed by atoms with Crippen molar-refractivity contribution < 1.29 is 4.79 Å². The number of carbonyl (C=O) groups is 1. The van der Waals surface area contributed by atoms with Crippen molar-refractivity contribution in [2.75, 3.05) is 5.32 Å². The van der Waals surface area contributed by atoms with Crippen molar-refractivity contribution >= 4 is 23.1 Å². The highest BCUT2D eigenvalue weighted by Gasteiger charge is 2.19. The predicted molar refractivity (Wildman–Crippen MR) is 83.7 cm³/mol. The summed E-state index contributed by atoms with van der Waals surface area (Å²) in [6.07, 6.45) is 5.37. The molecular weight excluding hydrogens is 284 g/mol. The Labute approximate surface area is 128 Å². The number of nitrogens with one attached hydrogen (secondary N) is 2. The first-order valence-electron chi connectivity index (χ1n) is 7.40. The number of rotatable bonds is 4. The molecule has 0 bridgehead atoms. The standard InChI is InChI=1S/C15H20N4OS/c1-9-13(21-10(2)16-9)8-15(20)17-14-7-12(18-19-14)11-5-3-4-6-11/h7,11H,3-6,8H2,1-2H3,(H2,17,18,19,20). The molecule has 21 heavy (non-hydrogen) atoms. The van der Waals surface area contributed by atoms with Crippen molar-refractivity contribution in [3.05, 3.63) is 27.3 Å². The Morgan fingerprint density at radius 1 is 1.43 bits per heavy atom. The van der Waals surface area contributed by atoms with Crippen LogP contribution in [0.15, 0.2) is 6.07 Å². The van der Waals surface area contributed by atoms with Gasteiger partial charge in [-0.2, -0.15) is 5.10 Å². The van der Waals surface area contributed by atoms with E-state index in [-0.39, 0.29) is 5.91 Å². The summed E-state index contributed by atoms with van der Waals surface area (Å²) in [6, 6.07) is 1.97. The van der Waals surface area contributed by atoms with Gasteiger partial charge in [-0.25, -0.2) is 4.98 Å². The van der Waals surface area contributed by atoms with Crippen LogP contribution in [-0.2, 0) is 11.2 Å². The van der Waals surface area contributed by atoms with Gasteiger partial charge in [-0.05, 0) is 26.7 Å². The van der Waals surface area contributed by atoms with Crippen LogP contribution in [0.25, 0.3) is 0 Å². The minimum atomic E-state index is -0.0359. The third kappa shape index (κ3) is 3.32. The van der Waals surface area contributed by atoms with Gasteiger partial charge in [-0.3, -0.25) is 9.89 Å². The van der Waals surface area contributed by atoms with E-state index in [1.807, 2.05) is 19.9 Å². The highest BCUT2D eigenvalue weighted by molar-refractivity contribution is 7.11. The van der Waals surface area contributed by atoms with Gasteiger partial charge in [0.15, 0.2) is 5.82 Å². The second kappa shape index (κ2) is 5.97. The molecular formula is C15H20N4OS. The number of nitrogens with zero attached hydrogens (tertiary/aromatic N) is 2. The molecule has 0 radical (unpaired) electrons. The largest absolute Gasteiger partial charge is 0.309 e. The first-order chi connectivity index (χ1) is 10.1. The molecule has 112 valence electrons. The normalized spacial score (nSPS) is 15.5. The summed E-state index contributed by atoms with van der Waals surface area (Å²) in [5.41, 5.74) is 2.09. The van der Waals surface area contributed by atoms with Crippen molar-refractivity contribution in [1.82, 2.24) is 15.2 Å². The fourth-order valence-corrected chi connectivity index (χ4v) is 3.85. The number of hydrogen-bond acceptors (Lipinski definition) is 4. The van der Waals surface area contributed by atoms with Crippen LogP contribution >= 0.6 is 11.3 Å². The number of aromatic amines is 1. The number of anilines is 1. The molecule has 1 amide bonds. The van der Waals surface area contributed by atoms with E-state index < -0.39 is 0 Å². The topological polar surface area (TPSA) is 70.7 Å². The van der Waals surface area contributed by atoms with Gasteiger partial charge < -0.3 is 5.32 Å². The van der Waals surface area contributed by atoms with Gasteiger partial charge >= 0.3 is 0 Å². The quantitative estimate of drug-likeness (QED) is 0.910. The van der Waals surface area contributed by atoms with Crippen molar-refractivity contribution in [3.63, 3.8) is 0 Å². The summed E-state index contributed by atoms with van der Waals surface area (Å²) in [4.78, 5) is 17.5. The summed E-state index contributed by atoms with van der Waals surface area (Å²) in [6.45, 7) is 3.90. The maximum atomic E-state index is 12.1. The van der Waals surface area contributed by atoms with E-state index in [1.54, 1.807) is 11.3 Å². The zero-order chi connectivity index (χ0) is 14.8. The van der Waals surface area contributed by atoms with E-state index in [1.165, 1.54) is 25.7 Å². The molecule has 6 heteroatoms. The highest BCUT2D eigenvalue weighted by atomic mass is 32.1. The fraction of sp³-hybridized carbons (Fsp3) is 0.533. The molecule has 2 aromatic rings. The highest BCUT2D eigenvalue weighted by Crippen LogP contribution is 2.33. The molecule has 2 heterocycles. The molecule has 0 atom stereocenters. The number of carbonyl (C=O) groups excluding carboxylic acids is 1. The van der Waals surface area contributed by atoms with Crippen LogP contribution in [0.4, 0.5) is 5.82 Å². The predicted octanol–water partition coefficient (Wildman–Crippen LogP) is 3.32. The Kier molecular flexibility index (Phi) is 4.05. The summed E-state index contributed by atoms with van der Waals surface area (Å²) < 4.78 is 0. The van der Waals surface area contributed by atoms with Crippen LogP contribution in [0, 0.1) is 13.8 Å².